The molecule has 1 aromatic carbocycles. The number of carbonyl (C=O) groups is 1. The molecule has 136 valence electrons. The number of anilines is 1. The Hall–Kier alpha value is -2.48. The fourth-order valence-electron chi connectivity index (χ4n) is 2.50. The Kier molecular flexibility index (Phi) is 4.95. The van der Waals surface area contributed by atoms with E-state index in [1.807, 2.05) is 6.92 Å². The van der Waals surface area contributed by atoms with E-state index in [9.17, 15) is 9.18 Å². The minimum absolute atomic E-state index is 0.247. The van der Waals surface area contributed by atoms with Crippen molar-refractivity contribution in [3.05, 3.63) is 64.3 Å². The van der Waals surface area contributed by atoms with Gasteiger partial charge in [0, 0.05) is 23.5 Å². The molecule has 0 saturated heterocycles. The maximum absolute atomic E-state index is 13.8. The van der Waals surface area contributed by atoms with Gasteiger partial charge in [-0.05, 0) is 42.8 Å². The zero-order valence-corrected chi connectivity index (χ0v) is 16.3. The van der Waals surface area contributed by atoms with Gasteiger partial charge < -0.3 is 5.32 Å². The number of aromatic nitrogens is 4. The second-order valence-corrected chi connectivity index (χ2v) is 7.45. The number of nitrogens with one attached hydrogen (secondary N) is 1. The van der Waals surface area contributed by atoms with Gasteiger partial charge in [0.15, 0.2) is 5.82 Å². The van der Waals surface area contributed by atoms with Gasteiger partial charge in [0.25, 0.3) is 5.91 Å². The van der Waals surface area contributed by atoms with Crippen molar-refractivity contribution in [2.75, 3.05) is 5.32 Å². The molecule has 0 bridgehead atoms. The van der Waals surface area contributed by atoms with E-state index >= 15 is 0 Å². The van der Waals surface area contributed by atoms with E-state index in [1.54, 1.807) is 59.9 Å². The van der Waals surface area contributed by atoms with Crippen LogP contribution in [-0.4, -0.2) is 25.5 Å². The summed E-state index contributed by atoms with van der Waals surface area (Å²) in [5.41, 5.74) is 0.469. The fraction of sp³-hybridized carbons (Fsp3) is 0.278. The zero-order valence-electron chi connectivity index (χ0n) is 14.7. The van der Waals surface area contributed by atoms with Gasteiger partial charge >= 0.3 is 0 Å². The van der Waals surface area contributed by atoms with Gasteiger partial charge in [-0.3, -0.25) is 14.2 Å². The molecule has 2 heterocycles. The Bertz CT molecular complexity index is 947. The van der Waals surface area contributed by atoms with Crippen LogP contribution in [0.4, 0.5) is 10.2 Å². The lowest BCUT2D eigenvalue weighted by Crippen LogP contribution is -2.40. The second kappa shape index (κ2) is 7.03. The molecule has 0 unspecified atom stereocenters. The molecule has 0 saturated carbocycles. The summed E-state index contributed by atoms with van der Waals surface area (Å²) < 4.78 is 17.9. The summed E-state index contributed by atoms with van der Waals surface area (Å²) in [6.07, 6.45) is 3.36. The summed E-state index contributed by atoms with van der Waals surface area (Å²) >= 11 is 3.33. The van der Waals surface area contributed by atoms with Crippen LogP contribution in [0.5, 0.6) is 0 Å². The molecule has 0 aliphatic rings. The summed E-state index contributed by atoms with van der Waals surface area (Å²) in [4.78, 5) is 12.7. The minimum Gasteiger partial charge on any atom is -0.307 e. The highest BCUT2D eigenvalue weighted by Gasteiger charge is 2.31. The smallest absolute Gasteiger partial charge is 0.252 e. The van der Waals surface area contributed by atoms with E-state index in [2.05, 4.69) is 31.4 Å². The predicted octanol–water partition coefficient (Wildman–Crippen LogP) is 3.71. The van der Waals surface area contributed by atoms with Crippen molar-refractivity contribution in [1.82, 2.24) is 19.6 Å². The van der Waals surface area contributed by atoms with E-state index in [-0.39, 0.29) is 11.7 Å². The molecule has 6 nitrogen and oxygen atoms in total. The Morgan fingerprint density at radius 3 is 2.73 bits per heavy atom. The quantitative estimate of drug-likeness (QED) is 0.685. The Morgan fingerprint density at radius 2 is 2.08 bits per heavy atom. The predicted molar refractivity (Wildman–Crippen MR) is 100 cm³/mol. The van der Waals surface area contributed by atoms with Gasteiger partial charge in [0.05, 0.1) is 17.2 Å². The van der Waals surface area contributed by atoms with Crippen LogP contribution in [0.3, 0.4) is 0 Å². The van der Waals surface area contributed by atoms with Crippen molar-refractivity contribution in [2.24, 2.45) is 0 Å². The lowest BCUT2D eigenvalue weighted by molar-refractivity contribution is -0.123. The van der Waals surface area contributed by atoms with Gasteiger partial charge in [-0.15, -0.1) is 0 Å². The molecular weight excluding hydrogens is 401 g/mol. The monoisotopic (exact) mass is 419 g/mol. The van der Waals surface area contributed by atoms with Crippen molar-refractivity contribution in [3.63, 3.8) is 0 Å². The highest BCUT2D eigenvalue weighted by atomic mass is 79.9. The number of hydrogen-bond acceptors (Lipinski definition) is 3. The van der Waals surface area contributed by atoms with Crippen molar-refractivity contribution < 1.29 is 9.18 Å². The molecule has 0 spiro atoms. The highest BCUT2D eigenvalue weighted by molar-refractivity contribution is 9.10. The lowest BCUT2D eigenvalue weighted by atomic mass is 10.1. The average molecular weight is 420 g/mol. The number of carbonyl (C=O) groups excluding carboxylic acids is 1. The van der Waals surface area contributed by atoms with Crippen LogP contribution in [0.2, 0.25) is 0 Å². The van der Waals surface area contributed by atoms with E-state index in [0.29, 0.717) is 17.9 Å². The van der Waals surface area contributed by atoms with Gasteiger partial charge in [0.2, 0.25) is 0 Å². The van der Waals surface area contributed by atoms with E-state index in [0.717, 1.165) is 10.2 Å². The maximum atomic E-state index is 13.8. The molecule has 1 amide bonds. The van der Waals surface area contributed by atoms with Gasteiger partial charge in [0.1, 0.15) is 11.4 Å². The summed E-state index contributed by atoms with van der Waals surface area (Å²) in [6, 6.07) is 8.32. The highest BCUT2D eigenvalue weighted by Crippen LogP contribution is 2.20. The Balaban J connectivity index is 1.77. The molecule has 26 heavy (non-hydrogen) atoms. The van der Waals surface area contributed by atoms with Crippen LogP contribution in [0.15, 0.2) is 47.2 Å². The first-order chi connectivity index (χ1) is 12.3. The standard InChI is InChI=1S/C18H19BrFN5O/c1-12-8-16(23-24(12)10-13-6-4-5-7-15(13)20)22-17(26)18(2,3)25-11-14(19)9-21-25/h4-9,11H,10H2,1-3H3,(H,22,23,26). The molecule has 0 aliphatic carbocycles. The molecule has 0 radical (unpaired) electrons. The molecule has 3 rings (SSSR count). The zero-order chi connectivity index (χ0) is 18.9. The summed E-state index contributed by atoms with van der Waals surface area (Å²) in [7, 11) is 0. The Labute approximate surface area is 159 Å². The molecule has 0 aliphatic heterocycles. The number of halogens is 2. The van der Waals surface area contributed by atoms with Crippen LogP contribution in [0, 0.1) is 12.7 Å². The first kappa shape index (κ1) is 18.3. The van der Waals surface area contributed by atoms with Gasteiger partial charge in [-0.25, -0.2) is 4.39 Å². The molecule has 1 N–H and O–H groups in total. The maximum Gasteiger partial charge on any atom is 0.252 e. The number of amides is 1. The molecule has 3 aromatic rings. The number of rotatable bonds is 5. The van der Waals surface area contributed by atoms with E-state index in [4.69, 9.17) is 0 Å². The normalized spacial score (nSPS) is 11.6. The average Bonchev–Trinajstić information content (AvgIpc) is 3.16. The molecule has 0 atom stereocenters. The third-order valence-corrected chi connectivity index (χ3v) is 4.59. The summed E-state index contributed by atoms with van der Waals surface area (Å²) in [6.45, 7) is 5.69. The largest absolute Gasteiger partial charge is 0.307 e. The summed E-state index contributed by atoms with van der Waals surface area (Å²) in [5, 5.41) is 11.4. The van der Waals surface area contributed by atoms with Crippen LogP contribution in [0.1, 0.15) is 25.1 Å². The number of benzene rings is 1. The van der Waals surface area contributed by atoms with Crippen molar-refractivity contribution in [1.29, 1.82) is 0 Å². The molecule has 0 fully saturated rings. The number of hydrogen-bond donors (Lipinski definition) is 1. The van der Waals surface area contributed by atoms with Crippen LogP contribution in [-0.2, 0) is 16.9 Å². The van der Waals surface area contributed by atoms with Gasteiger partial charge in [-0.1, -0.05) is 18.2 Å². The van der Waals surface area contributed by atoms with Gasteiger partial charge in [-0.2, -0.15) is 10.2 Å². The number of aryl methyl sites for hydroxylation is 1. The minimum atomic E-state index is -0.894. The van der Waals surface area contributed by atoms with Crippen molar-refractivity contribution in [2.45, 2.75) is 32.9 Å². The molecule has 8 heteroatoms. The van der Waals surface area contributed by atoms with Crippen LogP contribution >= 0.6 is 15.9 Å². The Morgan fingerprint density at radius 1 is 1.35 bits per heavy atom. The fourth-order valence-corrected chi connectivity index (χ4v) is 2.78. The molecular formula is C18H19BrFN5O. The molecule has 2 aromatic heterocycles. The third kappa shape index (κ3) is 3.70. The van der Waals surface area contributed by atoms with E-state index in [1.165, 1.54) is 6.07 Å². The summed E-state index contributed by atoms with van der Waals surface area (Å²) in [5.74, 6) is -0.106. The van der Waals surface area contributed by atoms with Crippen molar-refractivity contribution >= 4 is 27.7 Å². The van der Waals surface area contributed by atoms with Crippen molar-refractivity contribution in [3.8, 4) is 0 Å². The first-order valence-corrected chi connectivity index (χ1v) is 8.86. The van der Waals surface area contributed by atoms with Crippen LogP contribution < -0.4 is 5.32 Å². The number of nitrogens with zero attached hydrogens (tertiary/aromatic N) is 4. The second-order valence-electron chi connectivity index (χ2n) is 6.54. The SMILES string of the molecule is Cc1cc(NC(=O)C(C)(C)n2cc(Br)cn2)nn1Cc1ccccc1F. The van der Waals surface area contributed by atoms with E-state index < -0.39 is 5.54 Å². The topological polar surface area (TPSA) is 64.7 Å². The third-order valence-electron chi connectivity index (χ3n) is 4.18. The lowest BCUT2D eigenvalue weighted by Gasteiger charge is -2.23. The van der Waals surface area contributed by atoms with Crippen LogP contribution in [0.25, 0.3) is 0 Å². The first-order valence-electron chi connectivity index (χ1n) is 8.07.